The second-order valence-corrected chi connectivity index (χ2v) is 9.06. The van der Waals surface area contributed by atoms with Crippen molar-refractivity contribution in [1.29, 1.82) is 0 Å². The van der Waals surface area contributed by atoms with Gasteiger partial charge in [-0.3, -0.25) is 9.59 Å². The van der Waals surface area contributed by atoms with Gasteiger partial charge in [-0.2, -0.15) is 0 Å². The third kappa shape index (κ3) is 4.04. The smallest absolute Gasteiger partial charge is 0.231 e. The van der Waals surface area contributed by atoms with Crippen LogP contribution in [-0.2, 0) is 16.0 Å². The van der Waals surface area contributed by atoms with Crippen LogP contribution in [0.1, 0.15) is 51.5 Å². The van der Waals surface area contributed by atoms with Gasteiger partial charge in [0.1, 0.15) is 0 Å². The molecule has 3 aliphatic rings. The molecule has 0 radical (unpaired) electrons. The number of para-hydroxylation sites is 1. The quantitative estimate of drug-likeness (QED) is 0.816. The first-order valence-corrected chi connectivity index (χ1v) is 10.9. The van der Waals surface area contributed by atoms with Crippen LogP contribution < -0.4 is 10.6 Å². The molecule has 6 heteroatoms. The highest BCUT2D eigenvalue weighted by atomic mass is 35.5. The summed E-state index contributed by atoms with van der Waals surface area (Å²) in [4.78, 5) is 31.1. The fourth-order valence-corrected chi connectivity index (χ4v) is 5.64. The molecule has 0 spiro atoms. The molecule has 5 nitrogen and oxygen atoms in total. The Kier molecular flexibility index (Phi) is 6.90. The van der Waals surface area contributed by atoms with Crippen molar-refractivity contribution in [2.45, 2.75) is 64.5 Å². The average Bonchev–Trinajstić information content (AvgIpc) is 3.25. The number of hydrogen-bond acceptors (Lipinski definition) is 3. The van der Waals surface area contributed by atoms with E-state index in [0.29, 0.717) is 12.5 Å². The maximum absolute atomic E-state index is 13.6. The lowest BCUT2D eigenvalue weighted by molar-refractivity contribution is -0.143. The van der Waals surface area contributed by atoms with E-state index in [1.807, 2.05) is 28.0 Å². The van der Waals surface area contributed by atoms with Gasteiger partial charge in [-0.25, -0.2) is 0 Å². The second kappa shape index (κ2) is 9.05. The first-order valence-electron chi connectivity index (χ1n) is 10.9. The summed E-state index contributed by atoms with van der Waals surface area (Å²) in [5, 5.41) is 0. The third-order valence-corrected chi connectivity index (χ3v) is 7.12. The van der Waals surface area contributed by atoms with Crippen molar-refractivity contribution in [1.82, 2.24) is 4.90 Å². The summed E-state index contributed by atoms with van der Waals surface area (Å²) in [6.45, 7) is 5.61. The zero-order chi connectivity index (χ0) is 19.8. The summed E-state index contributed by atoms with van der Waals surface area (Å²) in [5.74, 6) is 0.348. The second-order valence-electron chi connectivity index (χ2n) is 9.06. The Balaban J connectivity index is 0.00000240. The summed E-state index contributed by atoms with van der Waals surface area (Å²) in [6.07, 6.45) is 5.59. The van der Waals surface area contributed by atoms with Gasteiger partial charge in [0.15, 0.2) is 0 Å². The maximum atomic E-state index is 13.6. The fraction of sp³-hybridized carbons (Fsp3) is 0.652. The predicted molar refractivity (Wildman–Crippen MR) is 118 cm³/mol. The molecule has 2 heterocycles. The fourth-order valence-electron chi connectivity index (χ4n) is 5.64. The van der Waals surface area contributed by atoms with Gasteiger partial charge in [0, 0.05) is 30.2 Å². The highest BCUT2D eigenvalue weighted by Gasteiger charge is 2.44. The molecule has 0 bridgehead atoms. The minimum absolute atomic E-state index is 0. The summed E-state index contributed by atoms with van der Waals surface area (Å²) in [5.41, 5.74) is 8.13. The van der Waals surface area contributed by atoms with Crippen molar-refractivity contribution < 1.29 is 9.59 Å². The first-order chi connectivity index (χ1) is 13.5. The van der Waals surface area contributed by atoms with E-state index in [1.165, 1.54) is 5.56 Å². The van der Waals surface area contributed by atoms with Gasteiger partial charge >= 0.3 is 0 Å². The zero-order valence-electron chi connectivity index (χ0n) is 17.5. The highest BCUT2D eigenvalue weighted by molar-refractivity contribution is 6.00. The molecule has 2 N–H and O–H groups in total. The molecule has 2 aliphatic heterocycles. The summed E-state index contributed by atoms with van der Waals surface area (Å²) in [7, 11) is 0. The number of carbonyl (C=O) groups excluding carboxylic acids is 2. The normalized spacial score (nSPS) is 31.3. The summed E-state index contributed by atoms with van der Waals surface area (Å²) in [6, 6.07) is 8.58. The van der Waals surface area contributed by atoms with E-state index in [4.69, 9.17) is 5.73 Å². The minimum Gasteiger partial charge on any atom is -0.339 e. The first kappa shape index (κ1) is 22.1. The number of benzene rings is 1. The van der Waals surface area contributed by atoms with Crippen molar-refractivity contribution in [2.75, 3.05) is 18.0 Å². The van der Waals surface area contributed by atoms with E-state index in [-0.39, 0.29) is 48.1 Å². The van der Waals surface area contributed by atoms with Crippen molar-refractivity contribution in [3.05, 3.63) is 29.8 Å². The lowest BCUT2D eigenvalue weighted by atomic mass is 9.77. The van der Waals surface area contributed by atoms with Crippen LogP contribution in [0.3, 0.4) is 0 Å². The molecule has 2 fully saturated rings. The molecular formula is C23H34ClN3O2. The van der Waals surface area contributed by atoms with Crippen molar-refractivity contribution in [3.8, 4) is 0 Å². The lowest BCUT2D eigenvalue weighted by Gasteiger charge is -2.37. The number of fused-ring (bicyclic) bond motifs is 1. The number of anilines is 1. The number of nitrogens with two attached hydrogens (primary N) is 1. The molecule has 5 unspecified atom stereocenters. The van der Waals surface area contributed by atoms with Crippen LogP contribution in [0, 0.1) is 17.8 Å². The molecule has 1 saturated carbocycles. The number of hydrogen-bond donors (Lipinski definition) is 1. The van der Waals surface area contributed by atoms with Gasteiger partial charge in [0.2, 0.25) is 11.8 Å². The van der Waals surface area contributed by atoms with E-state index in [0.717, 1.165) is 50.8 Å². The number of likely N-dealkylation sites (tertiary alicyclic amines) is 1. The van der Waals surface area contributed by atoms with Crippen LogP contribution in [0.15, 0.2) is 24.3 Å². The van der Waals surface area contributed by atoms with Crippen molar-refractivity contribution >= 4 is 29.9 Å². The lowest BCUT2D eigenvalue weighted by Crippen LogP contribution is -2.49. The van der Waals surface area contributed by atoms with Crippen LogP contribution in [0.25, 0.3) is 0 Å². The Morgan fingerprint density at radius 3 is 2.34 bits per heavy atom. The summed E-state index contributed by atoms with van der Waals surface area (Å²) < 4.78 is 0. The third-order valence-electron chi connectivity index (χ3n) is 7.12. The molecule has 1 aliphatic carbocycles. The molecule has 29 heavy (non-hydrogen) atoms. The monoisotopic (exact) mass is 419 g/mol. The van der Waals surface area contributed by atoms with E-state index in [1.54, 1.807) is 0 Å². The van der Waals surface area contributed by atoms with Gasteiger partial charge in [-0.15, -0.1) is 12.4 Å². The van der Waals surface area contributed by atoms with Crippen LogP contribution >= 0.6 is 12.4 Å². The predicted octanol–water partition coefficient (Wildman–Crippen LogP) is 3.39. The van der Waals surface area contributed by atoms with Crippen LogP contribution in [0.2, 0.25) is 0 Å². The zero-order valence-corrected chi connectivity index (χ0v) is 18.4. The van der Waals surface area contributed by atoms with E-state index >= 15 is 0 Å². The van der Waals surface area contributed by atoms with Crippen LogP contribution in [-0.4, -0.2) is 41.9 Å². The number of nitrogens with zero attached hydrogens (tertiary/aromatic N) is 2. The number of amides is 2. The topological polar surface area (TPSA) is 66.6 Å². The molecule has 5 atom stereocenters. The number of rotatable bonds is 3. The Morgan fingerprint density at radius 1 is 1.03 bits per heavy atom. The standard InChI is InChI=1S/C23H33N3O2.ClH/c1-15-11-17(13-24)14-25(15)22(27)19-8-4-5-9-20(19)23(28)26-16(2)12-18-7-3-6-10-21(18)26;/h3,6-7,10,15-17,19-20H,4-5,8-9,11-14,24H2,1-2H3;1H. The molecule has 1 aromatic carbocycles. The van der Waals surface area contributed by atoms with Crippen LogP contribution in [0.4, 0.5) is 5.69 Å². The van der Waals surface area contributed by atoms with E-state index in [2.05, 4.69) is 19.9 Å². The molecule has 2 amide bonds. The maximum Gasteiger partial charge on any atom is 0.231 e. The molecule has 0 aromatic heterocycles. The number of halogens is 1. The Morgan fingerprint density at radius 2 is 1.69 bits per heavy atom. The van der Waals surface area contributed by atoms with Gasteiger partial charge in [-0.1, -0.05) is 31.0 Å². The molecule has 1 aromatic rings. The largest absolute Gasteiger partial charge is 0.339 e. The highest BCUT2D eigenvalue weighted by Crippen LogP contribution is 2.39. The molecule has 4 rings (SSSR count). The van der Waals surface area contributed by atoms with Gasteiger partial charge < -0.3 is 15.5 Å². The van der Waals surface area contributed by atoms with Crippen molar-refractivity contribution in [3.63, 3.8) is 0 Å². The Bertz CT molecular complexity index is 755. The van der Waals surface area contributed by atoms with Gasteiger partial charge in [0.05, 0.1) is 5.92 Å². The molecule has 1 saturated heterocycles. The van der Waals surface area contributed by atoms with E-state index in [9.17, 15) is 9.59 Å². The van der Waals surface area contributed by atoms with Crippen molar-refractivity contribution in [2.24, 2.45) is 23.5 Å². The Labute approximate surface area is 180 Å². The van der Waals surface area contributed by atoms with Crippen LogP contribution in [0.5, 0.6) is 0 Å². The van der Waals surface area contributed by atoms with Gasteiger partial charge in [0.25, 0.3) is 0 Å². The molecule has 160 valence electrons. The SMILES string of the molecule is CC1CC(CN)CN1C(=O)C1CCCCC1C(=O)N1c2ccccc2CC1C.Cl. The minimum atomic E-state index is -0.195. The average molecular weight is 420 g/mol. The summed E-state index contributed by atoms with van der Waals surface area (Å²) >= 11 is 0. The molecular weight excluding hydrogens is 386 g/mol. The van der Waals surface area contributed by atoms with E-state index < -0.39 is 0 Å². The Hall–Kier alpha value is -1.59. The van der Waals surface area contributed by atoms with Gasteiger partial charge in [-0.05, 0) is 63.6 Å². The number of carbonyl (C=O) groups is 2.